The topological polar surface area (TPSA) is 49.8 Å². The number of aliphatic hydroxyl groups is 1. The van der Waals surface area contributed by atoms with Crippen LogP contribution in [0.3, 0.4) is 0 Å². The SMILES string of the molecule is CC(C)(C)OC(=O)N1CC[C@@H](C(C)(C)C)[C@@H](O)C1. The van der Waals surface area contributed by atoms with E-state index in [1.165, 1.54) is 0 Å². The van der Waals surface area contributed by atoms with Gasteiger partial charge in [0.1, 0.15) is 5.60 Å². The van der Waals surface area contributed by atoms with Gasteiger partial charge in [-0.25, -0.2) is 4.79 Å². The number of rotatable bonds is 0. The fourth-order valence-electron chi connectivity index (χ4n) is 2.43. The number of β-amino-alcohol motifs (C(OH)–C–C–N with tert-alkyl or cyclic N) is 1. The molecule has 1 heterocycles. The van der Waals surface area contributed by atoms with Crippen LogP contribution in [-0.2, 0) is 4.74 Å². The minimum Gasteiger partial charge on any atom is -0.444 e. The molecule has 0 radical (unpaired) electrons. The van der Waals surface area contributed by atoms with Crippen molar-refractivity contribution in [1.29, 1.82) is 0 Å². The molecular formula is C14H27NO3. The summed E-state index contributed by atoms with van der Waals surface area (Å²) in [7, 11) is 0. The minimum absolute atomic E-state index is 0.0689. The normalized spacial score (nSPS) is 26.1. The average Bonchev–Trinajstić information content (AvgIpc) is 2.12. The molecule has 1 amide bonds. The Kier molecular flexibility index (Phi) is 4.31. The quantitative estimate of drug-likeness (QED) is 0.726. The summed E-state index contributed by atoms with van der Waals surface area (Å²) in [4.78, 5) is 13.5. The molecule has 1 aliphatic heterocycles. The van der Waals surface area contributed by atoms with Gasteiger partial charge in [0.2, 0.25) is 0 Å². The first kappa shape index (κ1) is 15.3. The van der Waals surface area contributed by atoms with Crippen molar-refractivity contribution in [3.63, 3.8) is 0 Å². The van der Waals surface area contributed by atoms with Crippen LogP contribution in [0, 0.1) is 11.3 Å². The molecule has 18 heavy (non-hydrogen) atoms. The van der Waals surface area contributed by atoms with Crippen LogP contribution in [-0.4, -0.2) is 40.9 Å². The summed E-state index contributed by atoms with van der Waals surface area (Å²) in [6, 6.07) is 0. The number of piperidine rings is 1. The molecule has 0 aromatic heterocycles. The fraction of sp³-hybridized carbons (Fsp3) is 0.929. The van der Waals surface area contributed by atoms with Gasteiger partial charge in [0, 0.05) is 6.54 Å². The highest BCUT2D eigenvalue weighted by atomic mass is 16.6. The van der Waals surface area contributed by atoms with E-state index in [0.717, 1.165) is 6.42 Å². The van der Waals surface area contributed by atoms with Gasteiger partial charge in [0.05, 0.1) is 12.6 Å². The molecule has 0 aromatic carbocycles. The lowest BCUT2D eigenvalue weighted by molar-refractivity contribution is -0.0376. The molecule has 4 nitrogen and oxygen atoms in total. The van der Waals surface area contributed by atoms with Crippen molar-refractivity contribution in [2.24, 2.45) is 11.3 Å². The number of hydrogen-bond donors (Lipinski definition) is 1. The number of carbonyl (C=O) groups is 1. The van der Waals surface area contributed by atoms with Gasteiger partial charge in [0.25, 0.3) is 0 Å². The Bertz CT molecular complexity index is 301. The number of aliphatic hydroxyl groups excluding tert-OH is 1. The highest BCUT2D eigenvalue weighted by Gasteiger charge is 2.38. The lowest BCUT2D eigenvalue weighted by atomic mass is 9.74. The molecule has 4 heteroatoms. The maximum Gasteiger partial charge on any atom is 0.410 e. The van der Waals surface area contributed by atoms with E-state index in [1.54, 1.807) is 4.90 Å². The molecule has 0 aliphatic carbocycles. The van der Waals surface area contributed by atoms with Crippen LogP contribution in [0.15, 0.2) is 0 Å². The maximum atomic E-state index is 11.9. The predicted octanol–water partition coefficient (Wildman–Crippen LogP) is 2.65. The van der Waals surface area contributed by atoms with E-state index < -0.39 is 11.7 Å². The zero-order chi connectivity index (χ0) is 14.1. The molecule has 1 aliphatic rings. The van der Waals surface area contributed by atoms with Gasteiger partial charge in [0.15, 0.2) is 0 Å². The summed E-state index contributed by atoms with van der Waals surface area (Å²) in [6.45, 7) is 13.0. The third kappa shape index (κ3) is 4.16. The first-order valence-corrected chi connectivity index (χ1v) is 6.67. The lowest BCUT2D eigenvalue weighted by Gasteiger charge is -2.42. The van der Waals surface area contributed by atoms with Gasteiger partial charge in [-0.1, -0.05) is 20.8 Å². The summed E-state index contributed by atoms with van der Waals surface area (Å²) in [5.74, 6) is 0.233. The summed E-state index contributed by atoms with van der Waals surface area (Å²) in [5.41, 5.74) is -0.414. The van der Waals surface area contributed by atoms with Crippen LogP contribution in [0.5, 0.6) is 0 Å². The minimum atomic E-state index is -0.483. The molecule has 1 N–H and O–H groups in total. The van der Waals surface area contributed by atoms with E-state index in [9.17, 15) is 9.90 Å². The van der Waals surface area contributed by atoms with Crippen LogP contribution in [0.2, 0.25) is 0 Å². The molecule has 106 valence electrons. The maximum absolute atomic E-state index is 11.9. The first-order valence-electron chi connectivity index (χ1n) is 6.67. The van der Waals surface area contributed by atoms with Crippen LogP contribution < -0.4 is 0 Å². The Hall–Kier alpha value is -0.770. The number of hydrogen-bond acceptors (Lipinski definition) is 3. The van der Waals surface area contributed by atoms with Gasteiger partial charge < -0.3 is 14.7 Å². The second kappa shape index (κ2) is 5.08. The number of nitrogens with zero attached hydrogens (tertiary/aromatic N) is 1. The Morgan fingerprint density at radius 2 is 1.78 bits per heavy atom. The molecule has 0 bridgehead atoms. The number of carbonyl (C=O) groups excluding carboxylic acids is 1. The molecule has 2 atom stereocenters. The van der Waals surface area contributed by atoms with Crippen LogP contribution >= 0.6 is 0 Å². The summed E-state index contributed by atoms with van der Waals surface area (Å²) >= 11 is 0. The van der Waals surface area contributed by atoms with Crippen molar-refractivity contribution >= 4 is 6.09 Å². The van der Waals surface area contributed by atoms with E-state index in [0.29, 0.717) is 13.1 Å². The number of ether oxygens (including phenoxy) is 1. The van der Waals surface area contributed by atoms with Gasteiger partial charge in [-0.15, -0.1) is 0 Å². The zero-order valence-electron chi connectivity index (χ0n) is 12.5. The van der Waals surface area contributed by atoms with Crippen LogP contribution in [0.4, 0.5) is 4.79 Å². The Labute approximate surface area is 110 Å². The molecule has 1 fully saturated rings. The lowest BCUT2D eigenvalue weighted by Crippen LogP contribution is -2.51. The van der Waals surface area contributed by atoms with E-state index in [-0.39, 0.29) is 17.4 Å². The van der Waals surface area contributed by atoms with Crippen LogP contribution in [0.25, 0.3) is 0 Å². The third-order valence-electron chi connectivity index (χ3n) is 3.35. The van der Waals surface area contributed by atoms with Crippen molar-refractivity contribution in [2.45, 2.75) is 59.7 Å². The average molecular weight is 257 g/mol. The first-order chi connectivity index (χ1) is 8.00. The summed E-state index contributed by atoms with van der Waals surface area (Å²) in [5, 5.41) is 10.2. The molecule has 0 saturated carbocycles. The monoisotopic (exact) mass is 257 g/mol. The molecule has 1 rings (SSSR count). The molecule has 0 aromatic rings. The van der Waals surface area contributed by atoms with E-state index >= 15 is 0 Å². The van der Waals surface area contributed by atoms with E-state index in [4.69, 9.17) is 4.74 Å². The standard InChI is InChI=1S/C14H27NO3/c1-13(2,3)10-7-8-15(9-11(10)16)12(17)18-14(4,5)6/h10-11,16H,7-9H2,1-6H3/t10-,11+/m1/s1. The van der Waals surface area contributed by atoms with Gasteiger partial charge in [-0.2, -0.15) is 0 Å². The molecule has 0 spiro atoms. The summed E-state index contributed by atoms with van der Waals surface area (Å²) < 4.78 is 5.32. The third-order valence-corrected chi connectivity index (χ3v) is 3.35. The predicted molar refractivity (Wildman–Crippen MR) is 71.4 cm³/mol. The van der Waals surface area contributed by atoms with Crippen molar-refractivity contribution in [3.05, 3.63) is 0 Å². The van der Waals surface area contributed by atoms with Crippen molar-refractivity contribution < 1.29 is 14.6 Å². The largest absolute Gasteiger partial charge is 0.444 e. The smallest absolute Gasteiger partial charge is 0.410 e. The fourth-order valence-corrected chi connectivity index (χ4v) is 2.43. The van der Waals surface area contributed by atoms with Gasteiger partial charge in [-0.3, -0.25) is 0 Å². The van der Waals surface area contributed by atoms with Crippen molar-refractivity contribution in [3.8, 4) is 0 Å². The Balaban J connectivity index is 2.59. The Morgan fingerprint density at radius 1 is 1.22 bits per heavy atom. The second-order valence-electron chi connectivity index (χ2n) is 7.25. The zero-order valence-corrected chi connectivity index (χ0v) is 12.5. The number of amides is 1. The van der Waals surface area contributed by atoms with E-state index in [1.807, 2.05) is 20.8 Å². The van der Waals surface area contributed by atoms with Gasteiger partial charge >= 0.3 is 6.09 Å². The highest BCUT2D eigenvalue weighted by Crippen LogP contribution is 2.34. The van der Waals surface area contributed by atoms with Crippen molar-refractivity contribution in [2.75, 3.05) is 13.1 Å². The second-order valence-corrected chi connectivity index (χ2v) is 7.25. The highest BCUT2D eigenvalue weighted by molar-refractivity contribution is 5.68. The van der Waals surface area contributed by atoms with Crippen molar-refractivity contribution in [1.82, 2.24) is 4.90 Å². The van der Waals surface area contributed by atoms with Gasteiger partial charge in [-0.05, 0) is 38.5 Å². The molecular weight excluding hydrogens is 230 g/mol. The molecule has 0 unspecified atom stereocenters. The van der Waals surface area contributed by atoms with Crippen LogP contribution in [0.1, 0.15) is 48.0 Å². The number of likely N-dealkylation sites (tertiary alicyclic amines) is 1. The summed E-state index contributed by atoms with van der Waals surface area (Å²) in [6.07, 6.45) is 0.0318. The van der Waals surface area contributed by atoms with E-state index in [2.05, 4.69) is 20.8 Å². The molecule has 1 saturated heterocycles. The Morgan fingerprint density at radius 3 is 2.17 bits per heavy atom.